The Hall–Kier alpha value is -2.86. The number of ether oxygens (including phenoxy) is 1. The highest BCUT2D eigenvalue weighted by Gasteiger charge is 2.26. The largest absolute Gasteiger partial charge is 0.371 e. The molecule has 1 aliphatic carbocycles. The van der Waals surface area contributed by atoms with E-state index in [1.807, 2.05) is 42.5 Å². The Labute approximate surface area is 177 Å². The minimum Gasteiger partial charge on any atom is -0.371 e. The van der Waals surface area contributed by atoms with Crippen LogP contribution in [0.5, 0.6) is 0 Å². The fourth-order valence-electron chi connectivity index (χ4n) is 3.73. The maximum atomic E-state index is 12.9. The molecule has 0 bridgehead atoms. The molecule has 0 atom stereocenters. The predicted molar refractivity (Wildman–Crippen MR) is 118 cm³/mol. The monoisotopic (exact) mass is 407 g/mol. The summed E-state index contributed by atoms with van der Waals surface area (Å²) in [5, 5.41) is 5.94. The van der Waals surface area contributed by atoms with Gasteiger partial charge in [-0.15, -0.1) is 0 Å². The lowest BCUT2D eigenvalue weighted by atomic mass is 10.1. The van der Waals surface area contributed by atoms with E-state index in [4.69, 9.17) is 4.74 Å². The van der Waals surface area contributed by atoms with Gasteiger partial charge in [0.2, 0.25) is 5.91 Å². The third kappa shape index (κ3) is 5.60. The second-order valence-corrected chi connectivity index (χ2v) is 8.05. The maximum absolute atomic E-state index is 12.9. The van der Waals surface area contributed by atoms with Gasteiger partial charge in [-0.05, 0) is 55.9 Å². The normalized spacial score (nSPS) is 16.2. The highest BCUT2D eigenvalue weighted by atomic mass is 16.5. The van der Waals surface area contributed by atoms with Crippen molar-refractivity contribution in [2.75, 3.05) is 29.9 Å². The molecule has 0 unspecified atom stereocenters. The molecule has 2 aromatic carbocycles. The fourth-order valence-corrected chi connectivity index (χ4v) is 3.73. The first-order valence-corrected chi connectivity index (χ1v) is 10.8. The Bertz CT molecular complexity index is 875. The molecule has 1 aliphatic heterocycles. The van der Waals surface area contributed by atoms with Crippen LogP contribution in [0.1, 0.15) is 48.0 Å². The molecule has 4 rings (SSSR count). The summed E-state index contributed by atoms with van der Waals surface area (Å²) in [5.74, 6) is -0.292. The van der Waals surface area contributed by atoms with E-state index in [9.17, 15) is 9.59 Å². The Morgan fingerprint density at radius 1 is 1.00 bits per heavy atom. The van der Waals surface area contributed by atoms with Crippen LogP contribution in [0.2, 0.25) is 0 Å². The second kappa shape index (κ2) is 9.76. The van der Waals surface area contributed by atoms with Gasteiger partial charge in [-0.2, -0.15) is 0 Å². The number of amides is 2. The lowest BCUT2D eigenvalue weighted by molar-refractivity contribution is -0.121. The number of hydrogen-bond donors (Lipinski definition) is 2. The van der Waals surface area contributed by atoms with Crippen LogP contribution >= 0.6 is 0 Å². The Kier molecular flexibility index (Phi) is 6.64. The molecule has 158 valence electrons. The van der Waals surface area contributed by atoms with Crippen molar-refractivity contribution in [3.05, 3.63) is 59.7 Å². The van der Waals surface area contributed by atoms with E-state index >= 15 is 0 Å². The number of piperidine rings is 1. The molecule has 0 radical (unpaired) electrons. The Morgan fingerprint density at radius 2 is 1.77 bits per heavy atom. The Morgan fingerprint density at radius 3 is 2.50 bits per heavy atom. The molecule has 2 fully saturated rings. The summed E-state index contributed by atoms with van der Waals surface area (Å²) in [6.45, 7) is 2.27. The third-order valence-electron chi connectivity index (χ3n) is 5.48. The molecule has 2 aliphatic rings. The lowest BCUT2D eigenvalue weighted by Gasteiger charge is -2.30. The SMILES string of the molecule is O=C(COCc1ccccc1)Nc1ccc(N2CCCCC2)c(C(=O)NC2CC2)c1. The van der Waals surface area contributed by atoms with Crippen molar-refractivity contribution in [2.24, 2.45) is 0 Å². The summed E-state index contributed by atoms with van der Waals surface area (Å²) in [5.41, 5.74) is 3.22. The minimum atomic E-state index is -0.231. The zero-order chi connectivity index (χ0) is 20.8. The van der Waals surface area contributed by atoms with E-state index in [1.165, 1.54) is 6.42 Å². The van der Waals surface area contributed by atoms with Gasteiger partial charge in [0.05, 0.1) is 12.2 Å². The quantitative estimate of drug-likeness (QED) is 0.700. The van der Waals surface area contributed by atoms with Crippen LogP contribution < -0.4 is 15.5 Å². The summed E-state index contributed by atoms with van der Waals surface area (Å²) in [7, 11) is 0. The van der Waals surface area contributed by atoms with Gasteiger partial charge >= 0.3 is 0 Å². The summed E-state index contributed by atoms with van der Waals surface area (Å²) in [6, 6.07) is 15.6. The van der Waals surface area contributed by atoms with Crippen molar-refractivity contribution in [3.8, 4) is 0 Å². The van der Waals surface area contributed by atoms with Crippen LogP contribution in [0.15, 0.2) is 48.5 Å². The molecule has 2 aromatic rings. The topological polar surface area (TPSA) is 70.7 Å². The third-order valence-corrected chi connectivity index (χ3v) is 5.48. The summed E-state index contributed by atoms with van der Waals surface area (Å²) in [4.78, 5) is 27.4. The average molecular weight is 408 g/mol. The first-order valence-electron chi connectivity index (χ1n) is 10.8. The number of nitrogens with zero attached hydrogens (tertiary/aromatic N) is 1. The van der Waals surface area contributed by atoms with E-state index in [-0.39, 0.29) is 24.5 Å². The number of anilines is 2. The zero-order valence-electron chi connectivity index (χ0n) is 17.2. The van der Waals surface area contributed by atoms with Crippen LogP contribution in [0, 0.1) is 0 Å². The average Bonchev–Trinajstić information content (AvgIpc) is 3.59. The smallest absolute Gasteiger partial charge is 0.253 e. The van der Waals surface area contributed by atoms with Crippen LogP contribution in [-0.2, 0) is 16.1 Å². The molecule has 0 spiro atoms. The van der Waals surface area contributed by atoms with Crippen molar-refractivity contribution in [1.82, 2.24) is 5.32 Å². The van der Waals surface area contributed by atoms with Gasteiger partial charge in [0.25, 0.3) is 5.91 Å². The molecule has 2 amide bonds. The fraction of sp³-hybridized carbons (Fsp3) is 0.417. The summed E-state index contributed by atoms with van der Waals surface area (Å²) < 4.78 is 5.51. The van der Waals surface area contributed by atoms with Crippen molar-refractivity contribution < 1.29 is 14.3 Å². The molecule has 0 aromatic heterocycles. The second-order valence-electron chi connectivity index (χ2n) is 8.05. The predicted octanol–water partition coefficient (Wildman–Crippen LogP) is 3.72. The summed E-state index contributed by atoms with van der Waals surface area (Å²) in [6.07, 6.45) is 5.60. The molecule has 1 saturated carbocycles. The number of carbonyl (C=O) groups excluding carboxylic acids is 2. The zero-order valence-corrected chi connectivity index (χ0v) is 17.2. The number of carbonyl (C=O) groups is 2. The standard InChI is InChI=1S/C24H29N3O3/c28-23(17-30-16-18-7-3-1-4-8-18)25-20-11-12-22(27-13-5-2-6-14-27)21(15-20)24(29)26-19-9-10-19/h1,3-4,7-8,11-12,15,19H,2,5-6,9-10,13-14,16-17H2,(H,25,28)(H,26,29). The van der Waals surface area contributed by atoms with Gasteiger partial charge in [-0.25, -0.2) is 0 Å². The van der Waals surface area contributed by atoms with Gasteiger partial charge in [0.1, 0.15) is 6.61 Å². The number of nitrogens with one attached hydrogen (secondary N) is 2. The molecule has 1 saturated heterocycles. The first-order chi connectivity index (χ1) is 14.7. The number of hydrogen-bond acceptors (Lipinski definition) is 4. The van der Waals surface area contributed by atoms with Crippen molar-refractivity contribution in [1.29, 1.82) is 0 Å². The van der Waals surface area contributed by atoms with E-state index in [0.717, 1.165) is 50.0 Å². The first kappa shape index (κ1) is 20.4. The highest BCUT2D eigenvalue weighted by Crippen LogP contribution is 2.28. The van der Waals surface area contributed by atoms with Crippen LogP contribution in [0.3, 0.4) is 0 Å². The molecule has 1 heterocycles. The van der Waals surface area contributed by atoms with Crippen molar-refractivity contribution >= 4 is 23.2 Å². The van der Waals surface area contributed by atoms with Gasteiger partial charge in [-0.3, -0.25) is 9.59 Å². The van der Waals surface area contributed by atoms with Gasteiger partial charge in [-0.1, -0.05) is 30.3 Å². The van der Waals surface area contributed by atoms with Gasteiger partial charge in [0, 0.05) is 30.5 Å². The van der Waals surface area contributed by atoms with Crippen molar-refractivity contribution in [2.45, 2.75) is 44.8 Å². The maximum Gasteiger partial charge on any atom is 0.253 e. The van der Waals surface area contributed by atoms with Crippen LogP contribution in [-0.4, -0.2) is 37.6 Å². The van der Waals surface area contributed by atoms with E-state index in [1.54, 1.807) is 6.07 Å². The molecular formula is C24H29N3O3. The van der Waals surface area contributed by atoms with E-state index in [0.29, 0.717) is 17.9 Å². The molecular weight excluding hydrogens is 378 g/mol. The van der Waals surface area contributed by atoms with Crippen LogP contribution in [0.25, 0.3) is 0 Å². The Balaban J connectivity index is 1.40. The van der Waals surface area contributed by atoms with Gasteiger partial charge in [0.15, 0.2) is 0 Å². The number of rotatable bonds is 8. The molecule has 6 nitrogen and oxygen atoms in total. The molecule has 2 N–H and O–H groups in total. The van der Waals surface area contributed by atoms with Gasteiger partial charge < -0.3 is 20.3 Å². The van der Waals surface area contributed by atoms with E-state index in [2.05, 4.69) is 15.5 Å². The van der Waals surface area contributed by atoms with Crippen LogP contribution in [0.4, 0.5) is 11.4 Å². The minimum absolute atomic E-state index is 0.0353. The summed E-state index contributed by atoms with van der Waals surface area (Å²) >= 11 is 0. The van der Waals surface area contributed by atoms with E-state index < -0.39 is 0 Å². The van der Waals surface area contributed by atoms with Crippen molar-refractivity contribution in [3.63, 3.8) is 0 Å². The highest BCUT2D eigenvalue weighted by molar-refractivity contribution is 6.02. The lowest BCUT2D eigenvalue weighted by Crippen LogP contribution is -2.33. The number of benzene rings is 2. The molecule has 6 heteroatoms. The molecule has 30 heavy (non-hydrogen) atoms.